The van der Waals surface area contributed by atoms with E-state index in [1.807, 2.05) is 101 Å². The van der Waals surface area contributed by atoms with Gasteiger partial charge in [-0.15, -0.1) is 0 Å². The standard InChI is InChI=1S/C47H55N5O6S/c1-7-56-42(53)29-51-23-19-32(20-24-51)30(2)22-26-57-34-15-16-35(31(3)27-34)36-17-18-41(49-43(36)45(55)58-47(4,5)6)52-25-21-33-11-10-12-37(38(33)28-52)44(54)50-46-48-39-13-8-9-14-40(39)59-46/h8-18,27,30,32H,7,19-26,28-29H2,1-6H3,(H,48,50,54)/t30-/m0/s1. The molecule has 1 amide bonds. The van der Waals surface area contributed by atoms with Crippen molar-refractivity contribution in [2.45, 2.75) is 79.4 Å². The molecule has 0 bridgehead atoms. The minimum atomic E-state index is -0.717. The maximum absolute atomic E-state index is 13.9. The van der Waals surface area contributed by atoms with E-state index >= 15 is 0 Å². The zero-order valence-electron chi connectivity index (χ0n) is 35.0. The number of carbonyl (C=O) groups is 3. The number of piperidine rings is 1. The van der Waals surface area contributed by atoms with Crippen LogP contribution >= 0.6 is 11.3 Å². The van der Waals surface area contributed by atoms with Crippen molar-refractivity contribution >= 4 is 50.3 Å². The van der Waals surface area contributed by atoms with Crippen LogP contribution in [0.4, 0.5) is 10.9 Å². The molecule has 3 aromatic carbocycles. The number of ether oxygens (including phenoxy) is 3. The predicted molar refractivity (Wildman–Crippen MR) is 233 cm³/mol. The number of thiazole rings is 1. The van der Waals surface area contributed by atoms with Crippen molar-refractivity contribution in [2.24, 2.45) is 11.8 Å². The van der Waals surface area contributed by atoms with Gasteiger partial charge in [-0.25, -0.2) is 14.8 Å². The molecule has 0 aliphatic carbocycles. The first-order valence-electron chi connectivity index (χ1n) is 20.7. The average molecular weight is 818 g/mol. The predicted octanol–water partition coefficient (Wildman–Crippen LogP) is 9.12. The van der Waals surface area contributed by atoms with Gasteiger partial charge in [-0.1, -0.05) is 48.6 Å². The van der Waals surface area contributed by atoms with E-state index in [0.29, 0.717) is 66.8 Å². The minimum Gasteiger partial charge on any atom is -0.494 e. The quantitative estimate of drug-likeness (QED) is 0.115. The molecular weight excluding hydrogens is 763 g/mol. The smallest absolute Gasteiger partial charge is 0.358 e. The van der Waals surface area contributed by atoms with E-state index in [-0.39, 0.29) is 17.6 Å². The second kappa shape index (κ2) is 18.3. The van der Waals surface area contributed by atoms with E-state index in [4.69, 9.17) is 19.2 Å². The number of benzene rings is 3. The summed E-state index contributed by atoms with van der Waals surface area (Å²) in [6.45, 7) is 16.0. The number of rotatable bonds is 13. The molecule has 2 aliphatic rings. The molecule has 310 valence electrons. The van der Waals surface area contributed by atoms with Crippen molar-refractivity contribution in [3.8, 4) is 16.9 Å². The number of pyridine rings is 1. The molecule has 2 aromatic heterocycles. The normalized spacial score (nSPS) is 15.4. The third-order valence-electron chi connectivity index (χ3n) is 11.3. The molecule has 1 N–H and O–H groups in total. The number of esters is 2. The van der Waals surface area contributed by atoms with Gasteiger partial charge >= 0.3 is 11.9 Å². The van der Waals surface area contributed by atoms with Crippen LogP contribution in [0.1, 0.15) is 91.4 Å². The lowest BCUT2D eigenvalue weighted by atomic mass is 9.84. The average Bonchev–Trinajstić information content (AvgIpc) is 3.62. The number of para-hydroxylation sites is 1. The van der Waals surface area contributed by atoms with Gasteiger partial charge in [-0.2, -0.15) is 0 Å². The Labute approximate surface area is 351 Å². The Morgan fingerprint density at radius 2 is 1.73 bits per heavy atom. The van der Waals surface area contributed by atoms with Crippen molar-refractivity contribution < 1.29 is 28.6 Å². The molecule has 5 aromatic rings. The van der Waals surface area contributed by atoms with Gasteiger partial charge in [-0.3, -0.25) is 19.8 Å². The van der Waals surface area contributed by atoms with Gasteiger partial charge < -0.3 is 19.1 Å². The van der Waals surface area contributed by atoms with Crippen molar-refractivity contribution in [1.82, 2.24) is 14.9 Å². The first-order valence-corrected chi connectivity index (χ1v) is 21.6. The van der Waals surface area contributed by atoms with Crippen LogP contribution in [-0.2, 0) is 27.2 Å². The Hall–Kier alpha value is -5.33. The Morgan fingerprint density at radius 3 is 2.47 bits per heavy atom. The van der Waals surface area contributed by atoms with E-state index in [1.54, 1.807) is 0 Å². The summed E-state index contributed by atoms with van der Waals surface area (Å²) in [7, 11) is 0. The summed E-state index contributed by atoms with van der Waals surface area (Å²) < 4.78 is 18.3. The topological polar surface area (TPSA) is 123 Å². The van der Waals surface area contributed by atoms with Gasteiger partial charge in [-0.05, 0) is 150 Å². The van der Waals surface area contributed by atoms with Gasteiger partial charge in [0.1, 0.15) is 17.2 Å². The van der Waals surface area contributed by atoms with Crippen LogP contribution in [0.3, 0.4) is 0 Å². The van der Waals surface area contributed by atoms with E-state index in [2.05, 4.69) is 33.1 Å². The number of hydrogen-bond acceptors (Lipinski definition) is 11. The van der Waals surface area contributed by atoms with Gasteiger partial charge in [0.25, 0.3) is 5.91 Å². The maximum Gasteiger partial charge on any atom is 0.358 e. The third-order valence-corrected chi connectivity index (χ3v) is 12.2. The number of amides is 1. The molecule has 0 unspecified atom stereocenters. The maximum atomic E-state index is 13.9. The SMILES string of the molecule is CCOC(=O)CN1CCC([C@@H](C)CCOc2ccc(-c3ccc(N4CCc5cccc(C(=O)Nc6nc7ccccc7s6)c5C4)nc3C(=O)OC(C)(C)C)c(C)c2)CC1. The van der Waals surface area contributed by atoms with Crippen LogP contribution in [0, 0.1) is 18.8 Å². The van der Waals surface area contributed by atoms with Crippen molar-refractivity contribution in [3.63, 3.8) is 0 Å². The fourth-order valence-electron chi connectivity index (χ4n) is 8.10. The van der Waals surface area contributed by atoms with Gasteiger partial charge in [0.2, 0.25) is 0 Å². The molecule has 1 atom stereocenters. The monoisotopic (exact) mass is 817 g/mol. The van der Waals surface area contributed by atoms with Crippen LogP contribution in [0.5, 0.6) is 5.75 Å². The highest BCUT2D eigenvalue weighted by molar-refractivity contribution is 7.22. The molecule has 0 saturated carbocycles. The number of nitrogens with zero attached hydrogens (tertiary/aromatic N) is 4. The summed E-state index contributed by atoms with van der Waals surface area (Å²) in [5.41, 5.74) is 5.52. The highest BCUT2D eigenvalue weighted by Gasteiger charge is 2.28. The van der Waals surface area contributed by atoms with Gasteiger partial charge in [0.15, 0.2) is 10.8 Å². The molecule has 4 heterocycles. The molecule has 59 heavy (non-hydrogen) atoms. The molecule has 1 saturated heterocycles. The summed E-state index contributed by atoms with van der Waals surface area (Å²) in [5, 5.41) is 3.58. The summed E-state index contributed by atoms with van der Waals surface area (Å²) in [6, 6.07) is 23.5. The van der Waals surface area contributed by atoms with Crippen molar-refractivity contribution in [2.75, 3.05) is 49.6 Å². The lowest BCUT2D eigenvalue weighted by Gasteiger charge is -2.34. The van der Waals surface area contributed by atoms with Gasteiger partial charge in [0.05, 0.1) is 30.0 Å². The molecule has 1 fully saturated rings. The van der Waals surface area contributed by atoms with E-state index in [1.165, 1.54) is 11.3 Å². The number of nitrogens with one attached hydrogen (secondary N) is 1. The van der Waals surface area contributed by atoms with Gasteiger partial charge in [0, 0.05) is 24.2 Å². The number of aromatic nitrogens is 2. The highest BCUT2D eigenvalue weighted by atomic mass is 32.1. The summed E-state index contributed by atoms with van der Waals surface area (Å²) in [5.74, 6) is 1.67. The zero-order chi connectivity index (χ0) is 41.7. The fraction of sp³-hybridized carbons (Fsp3) is 0.426. The summed E-state index contributed by atoms with van der Waals surface area (Å²) >= 11 is 1.45. The molecule has 7 rings (SSSR count). The number of likely N-dealkylation sites (tertiary alicyclic amines) is 1. The van der Waals surface area contributed by atoms with Crippen LogP contribution in [0.15, 0.2) is 72.8 Å². The second-order valence-electron chi connectivity index (χ2n) is 16.6. The Morgan fingerprint density at radius 1 is 0.949 bits per heavy atom. The first kappa shape index (κ1) is 41.8. The summed E-state index contributed by atoms with van der Waals surface area (Å²) in [6.07, 6.45) is 3.79. The first-order chi connectivity index (χ1) is 28.3. The Bertz CT molecular complexity index is 2280. The lowest BCUT2D eigenvalue weighted by Crippen LogP contribution is -2.39. The molecule has 0 spiro atoms. The van der Waals surface area contributed by atoms with Crippen LogP contribution in [0.25, 0.3) is 21.3 Å². The van der Waals surface area contributed by atoms with Crippen LogP contribution < -0.4 is 15.0 Å². The minimum absolute atomic E-state index is 0.146. The number of anilines is 2. The number of aryl methyl sites for hydroxylation is 1. The number of fused-ring (bicyclic) bond motifs is 2. The highest BCUT2D eigenvalue weighted by Crippen LogP contribution is 2.35. The molecule has 11 nitrogen and oxygen atoms in total. The third kappa shape index (κ3) is 10.3. The molecule has 2 aliphatic heterocycles. The molecule has 12 heteroatoms. The van der Waals surface area contributed by atoms with E-state index < -0.39 is 11.6 Å². The molecule has 0 radical (unpaired) electrons. The van der Waals surface area contributed by atoms with Crippen LogP contribution in [-0.4, -0.2) is 77.7 Å². The molecular formula is C47H55N5O6S. The van der Waals surface area contributed by atoms with Crippen molar-refractivity contribution in [1.29, 1.82) is 0 Å². The Kier molecular flexibility index (Phi) is 13.0. The van der Waals surface area contributed by atoms with E-state index in [0.717, 1.165) is 77.0 Å². The Balaban J connectivity index is 1.04. The largest absolute Gasteiger partial charge is 0.494 e. The lowest BCUT2D eigenvalue weighted by molar-refractivity contribution is -0.144. The van der Waals surface area contributed by atoms with Crippen LogP contribution in [0.2, 0.25) is 0 Å². The second-order valence-corrected chi connectivity index (χ2v) is 17.7. The summed E-state index contributed by atoms with van der Waals surface area (Å²) in [4.78, 5) is 53.3. The fourth-order valence-corrected chi connectivity index (χ4v) is 8.96. The van der Waals surface area contributed by atoms with E-state index in [9.17, 15) is 14.4 Å². The zero-order valence-corrected chi connectivity index (χ0v) is 35.8. The van der Waals surface area contributed by atoms with Crippen molar-refractivity contribution in [3.05, 3.63) is 101 Å². The number of hydrogen-bond donors (Lipinski definition) is 1. The number of carbonyl (C=O) groups excluding carboxylic acids is 3.